The SMILES string of the molecule is C=C(C)C(=O)/C(=C/C)N=CC. The van der Waals surface area contributed by atoms with Crippen molar-refractivity contribution in [2.45, 2.75) is 20.8 Å². The predicted molar refractivity (Wildman–Crippen MR) is 47.7 cm³/mol. The van der Waals surface area contributed by atoms with Gasteiger partial charge in [-0.2, -0.15) is 0 Å². The fourth-order valence-corrected chi connectivity index (χ4v) is 0.622. The molecule has 0 N–H and O–H groups in total. The molecule has 0 heterocycles. The largest absolute Gasteiger partial charge is 0.287 e. The molecule has 0 aliphatic carbocycles. The molecule has 0 saturated carbocycles. The van der Waals surface area contributed by atoms with Crippen LogP contribution >= 0.6 is 0 Å². The maximum Gasteiger partial charge on any atom is 0.206 e. The Hall–Kier alpha value is -1.18. The predicted octanol–water partition coefficient (Wildman–Crippen LogP) is 2.13. The van der Waals surface area contributed by atoms with Crippen LogP contribution < -0.4 is 0 Å². The molecule has 11 heavy (non-hydrogen) atoms. The van der Waals surface area contributed by atoms with E-state index in [4.69, 9.17) is 0 Å². The molecule has 0 aromatic carbocycles. The summed E-state index contributed by atoms with van der Waals surface area (Å²) in [6.45, 7) is 8.77. The Kier molecular flexibility index (Phi) is 4.11. The number of ketones is 1. The summed E-state index contributed by atoms with van der Waals surface area (Å²) < 4.78 is 0. The van der Waals surface area contributed by atoms with Crippen LogP contribution in [0.15, 0.2) is 28.9 Å². The lowest BCUT2D eigenvalue weighted by atomic mass is 10.1. The molecule has 0 fully saturated rings. The van der Waals surface area contributed by atoms with Crippen LogP contribution in [0.5, 0.6) is 0 Å². The Balaban J connectivity index is 4.55. The van der Waals surface area contributed by atoms with Gasteiger partial charge >= 0.3 is 0 Å². The molecule has 0 saturated heterocycles. The van der Waals surface area contributed by atoms with Crippen molar-refractivity contribution in [3.63, 3.8) is 0 Å². The van der Waals surface area contributed by atoms with Gasteiger partial charge in [-0.25, -0.2) is 0 Å². The molecule has 0 aliphatic rings. The zero-order valence-corrected chi connectivity index (χ0v) is 7.22. The Bertz CT molecular complexity index is 224. The topological polar surface area (TPSA) is 29.4 Å². The highest BCUT2D eigenvalue weighted by Gasteiger charge is 2.05. The molecule has 0 amide bonds. The van der Waals surface area contributed by atoms with Gasteiger partial charge in [0.1, 0.15) is 5.70 Å². The number of aliphatic imine (C=N–C) groups is 1. The number of Topliss-reactive ketones (excluding diaryl/α,β-unsaturated/α-hetero) is 1. The molecule has 0 spiro atoms. The molecule has 0 aromatic rings. The fourth-order valence-electron chi connectivity index (χ4n) is 0.622. The summed E-state index contributed by atoms with van der Waals surface area (Å²) in [5.74, 6) is -0.0920. The van der Waals surface area contributed by atoms with Crippen molar-refractivity contribution in [3.05, 3.63) is 23.9 Å². The highest BCUT2D eigenvalue weighted by Crippen LogP contribution is 2.04. The van der Waals surface area contributed by atoms with Crippen molar-refractivity contribution in [2.75, 3.05) is 0 Å². The maximum atomic E-state index is 11.2. The van der Waals surface area contributed by atoms with Gasteiger partial charge in [-0.1, -0.05) is 12.7 Å². The Morgan fingerprint density at radius 3 is 2.27 bits per heavy atom. The summed E-state index contributed by atoms with van der Waals surface area (Å²) in [6.07, 6.45) is 3.27. The van der Waals surface area contributed by atoms with E-state index in [9.17, 15) is 4.79 Å². The lowest BCUT2D eigenvalue weighted by Gasteiger charge is -1.97. The van der Waals surface area contributed by atoms with Crippen LogP contribution in [0.1, 0.15) is 20.8 Å². The summed E-state index contributed by atoms with van der Waals surface area (Å²) in [4.78, 5) is 15.1. The van der Waals surface area contributed by atoms with Crippen LogP contribution in [-0.2, 0) is 4.79 Å². The molecule has 2 nitrogen and oxygen atoms in total. The highest BCUT2D eigenvalue weighted by atomic mass is 16.1. The molecule has 0 unspecified atom stereocenters. The lowest BCUT2D eigenvalue weighted by Crippen LogP contribution is -2.00. The second-order valence-electron chi connectivity index (χ2n) is 2.17. The fraction of sp³-hybridized carbons (Fsp3) is 0.333. The van der Waals surface area contributed by atoms with Crippen LogP contribution in [0.4, 0.5) is 0 Å². The van der Waals surface area contributed by atoms with E-state index in [0.717, 1.165) is 0 Å². The average molecular weight is 151 g/mol. The van der Waals surface area contributed by atoms with E-state index in [0.29, 0.717) is 11.3 Å². The number of carbonyl (C=O) groups is 1. The number of carbonyl (C=O) groups excluding carboxylic acids is 1. The summed E-state index contributed by atoms with van der Waals surface area (Å²) in [7, 11) is 0. The monoisotopic (exact) mass is 151 g/mol. The second-order valence-corrected chi connectivity index (χ2v) is 2.17. The molecule has 0 rings (SSSR count). The number of rotatable bonds is 3. The molecular weight excluding hydrogens is 138 g/mol. The first-order valence-electron chi connectivity index (χ1n) is 3.48. The van der Waals surface area contributed by atoms with Gasteiger partial charge in [0.2, 0.25) is 5.78 Å². The van der Waals surface area contributed by atoms with Crippen molar-refractivity contribution >= 4 is 12.0 Å². The van der Waals surface area contributed by atoms with Gasteiger partial charge in [0.05, 0.1) is 0 Å². The molecule has 0 radical (unpaired) electrons. The first kappa shape index (κ1) is 9.82. The van der Waals surface area contributed by atoms with Gasteiger partial charge in [0.15, 0.2) is 0 Å². The van der Waals surface area contributed by atoms with Crippen molar-refractivity contribution in [3.8, 4) is 0 Å². The Labute approximate surface area is 67.3 Å². The van der Waals surface area contributed by atoms with E-state index in [1.807, 2.05) is 0 Å². The molecule has 0 aromatic heterocycles. The van der Waals surface area contributed by atoms with Gasteiger partial charge in [-0.15, -0.1) is 0 Å². The molecule has 60 valence electrons. The summed E-state index contributed by atoms with van der Waals surface area (Å²) >= 11 is 0. The Morgan fingerprint density at radius 2 is 2.00 bits per heavy atom. The second kappa shape index (κ2) is 4.61. The first-order chi connectivity index (χ1) is 5.13. The number of hydrogen-bond acceptors (Lipinski definition) is 2. The molecule has 0 atom stereocenters. The maximum absolute atomic E-state index is 11.2. The van der Waals surface area contributed by atoms with E-state index in [-0.39, 0.29) is 5.78 Å². The van der Waals surface area contributed by atoms with Crippen molar-refractivity contribution < 1.29 is 4.79 Å². The minimum Gasteiger partial charge on any atom is -0.287 e. The third kappa shape index (κ3) is 2.94. The summed E-state index contributed by atoms with van der Waals surface area (Å²) in [5, 5.41) is 0. The van der Waals surface area contributed by atoms with E-state index in [1.165, 1.54) is 0 Å². The van der Waals surface area contributed by atoms with Crippen molar-refractivity contribution in [1.82, 2.24) is 0 Å². The summed E-state index contributed by atoms with van der Waals surface area (Å²) in [5.41, 5.74) is 0.976. The number of hydrogen-bond donors (Lipinski definition) is 0. The van der Waals surface area contributed by atoms with Gasteiger partial charge in [-0.05, 0) is 26.3 Å². The molecular formula is C9H13NO. The first-order valence-corrected chi connectivity index (χ1v) is 3.48. The third-order valence-electron chi connectivity index (χ3n) is 1.16. The molecule has 0 aliphatic heterocycles. The Morgan fingerprint density at radius 1 is 1.45 bits per heavy atom. The zero-order chi connectivity index (χ0) is 8.85. The smallest absolute Gasteiger partial charge is 0.206 e. The highest BCUT2D eigenvalue weighted by molar-refractivity contribution is 6.07. The van der Waals surface area contributed by atoms with Gasteiger partial charge in [-0.3, -0.25) is 9.79 Å². The van der Waals surface area contributed by atoms with Crippen LogP contribution in [0.2, 0.25) is 0 Å². The van der Waals surface area contributed by atoms with Crippen molar-refractivity contribution in [1.29, 1.82) is 0 Å². The average Bonchev–Trinajstić information content (AvgIpc) is 1.98. The number of allylic oxidation sites excluding steroid dienone is 2. The van der Waals surface area contributed by atoms with Gasteiger partial charge in [0.25, 0.3) is 0 Å². The van der Waals surface area contributed by atoms with Crippen LogP contribution in [0, 0.1) is 0 Å². The van der Waals surface area contributed by atoms with Crippen molar-refractivity contribution in [2.24, 2.45) is 4.99 Å². The van der Waals surface area contributed by atoms with Crippen LogP contribution in [0.3, 0.4) is 0 Å². The summed E-state index contributed by atoms with van der Waals surface area (Å²) in [6, 6.07) is 0. The van der Waals surface area contributed by atoms with Gasteiger partial charge < -0.3 is 0 Å². The normalized spacial score (nSPS) is 12.1. The van der Waals surface area contributed by atoms with E-state index < -0.39 is 0 Å². The standard InChI is InChI=1S/C9H13NO/c1-5-8(10-6-2)9(11)7(3)4/h5-6H,3H2,1-2,4H3/b8-5-,10-6?. The minimum atomic E-state index is -0.0920. The van der Waals surface area contributed by atoms with E-state index >= 15 is 0 Å². The van der Waals surface area contributed by atoms with Gasteiger partial charge in [0, 0.05) is 6.21 Å². The zero-order valence-electron chi connectivity index (χ0n) is 7.22. The molecule has 0 bridgehead atoms. The lowest BCUT2D eigenvalue weighted by molar-refractivity contribution is -0.112. The minimum absolute atomic E-state index is 0.0920. The van der Waals surface area contributed by atoms with Crippen LogP contribution in [-0.4, -0.2) is 12.0 Å². The van der Waals surface area contributed by atoms with Crippen LogP contribution in [0.25, 0.3) is 0 Å². The molecule has 2 heteroatoms. The van der Waals surface area contributed by atoms with E-state index in [1.54, 1.807) is 33.1 Å². The number of nitrogens with zero attached hydrogens (tertiary/aromatic N) is 1. The third-order valence-corrected chi connectivity index (χ3v) is 1.16. The quantitative estimate of drug-likeness (QED) is 0.448. The van der Waals surface area contributed by atoms with E-state index in [2.05, 4.69) is 11.6 Å².